The number of fused-ring (bicyclic) bond motifs is 1. The van der Waals surface area contributed by atoms with Crippen LogP contribution in [0.25, 0.3) is 22.3 Å². The van der Waals surface area contributed by atoms with Gasteiger partial charge in [-0.05, 0) is 31.2 Å². The predicted molar refractivity (Wildman–Crippen MR) is 139 cm³/mol. The third-order valence-electron chi connectivity index (χ3n) is 7.18. The van der Waals surface area contributed by atoms with Gasteiger partial charge in [0.2, 0.25) is 17.5 Å². The van der Waals surface area contributed by atoms with Gasteiger partial charge in [0, 0.05) is 17.7 Å². The Morgan fingerprint density at radius 3 is 2.10 bits per heavy atom. The summed E-state index contributed by atoms with van der Waals surface area (Å²) in [5.74, 6) is -1.97. The van der Waals surface area contributed by atoms with E-state index in [4.69, 9.17) is 23.4 Å². The maximum atomic E-state index is 13.5. The zero-order valence-corrected chi connectivity index (χ0v) is 21.9. The lowest BCUT2D eigenvalue weighted by Crippen LogP contribution is -2.61. The molecule has 0 spiro atoms. The van der Waals surface area contributed by atoms with Crippen molar-refractivity contribution in [3.05, 3.63) is 46.6 Å². The smallest absolute Gasteiger partial charge is 0.239 e. The highest BCUT2D eigenvalue weighted by Gasteiger charge is 2.47. The molecule has 2 aliphatic rings. The van der Waals surface area contributed by atoms with E-state index >= 15 is 0 Å². The molecule has 2 aliphatic heterocycles. The van der Waals surface area contributed by atoms with E-state index in [0.29, 0.717) is 0 Å². The molecule has 3 aromatic rings. The fourth-order valence-corrected chi connectivity index (χ4v) is 4.79. The molecule has 2 fully saturated rings. The van der Waals surface area contributed by atoms with Gasteiger partial charge in [-0.1, -0.05) is 0 Å². The Morgan fingerprint density at radius 2 is 1.40 bits per heavy atom. The normalized spacial score (nSPS) is 33.5. The van der Waals surface area contributed by atoms with Crippen molar-refractivity contribution in [2.24, 2.45) is 0 Å². The molecule has 0 radical (unpaired) electrons. The van der Waals surface area contributed by atoms with E-state index in [-0.39, 0.29) is 28.0 Å². The zero-order chi connectivity index (χ0) is 30.5. The van der Waals surface area contributed by atoms with Gasteiger partial charge in [0.1, 0.15) is 70.9 Å². The number of hydrogen-bond acceptors (Lipinski definition) is 15. The molecule has 10 atom stereocenters. The SMILES string of the molecule is C[C@H]1O[C@H](OC[C@H]2O[C@H](Oc3c(-c4ccc(O)cc4)oc4cc(O)cc(O)c4c3=O)[C@@H](O)[C@@H](O)[C@H]2O)[C@@H](O)[C@@H](O)[C@H]1O. The second kappa shape index (κ2) is 11.6. The molecule has 0 amide bonds. The fraction of sp³-hybridized carbons (Fsp3) is 0.444. The number of hydrogen-bond donors (Lipinski definition) is 9. The van der Waals surface area contributed by atoms with Crippen molar-refractivity contribution in [3.63, 3.8) is 0 Å². The van der Waals surface area contributed by atoms with Gasteiger partial charge in [-0.25, -0.2) is 0 Å². The number of aliphatic hydroxyl groups excluding tert-OH is 6. The lowest BCUT2D eigenvalue weighted by Gasteiger charge is -2.42. The number of phenolic OH excluding ortho intramolecular Hbond substituents is 3. The second-order valence-corrected chi connectivity index (χ2v) is 10.1. The first-order valence-electron chi connectivity index (χ1n) is 12.9. The lowest BCUT2D eigenvalue weighted by atomic mass is 9.98. The zero-order valence-electron chi connectivity index (χ0n) is 21.9. The monoisotopic (exact) mass is 594 g/mol. The van der Waals surface area contributed by atoms with Crippen LogP contribution < -0.4 is 10.2 Å². The fourth-order valence-electron chi connectivity index (χ4n) is 4.79. The molecule has 5 rings (SSSR count). The Morgan fingerprint density at radius 1 is 0.762 bits per heavy atom. The van der Waals surface area contributed by atoms with Gasteiger partial charge in [-0.3, -0.25) is 4.79 Å². The maximum Gasteiger partial charge on any atom is 0.239 e. The van der Waals surface area contributed by atoms with Gasteiger partial charge < -0.3 is 69.3 Å². The highest BCUT2D eigenvalue weighted by Crippen LogP contribution is 2.37. The largest absolute Gasteiger partial charge is 0.508 e. The van der Waals surface area contributed by atoms with Crippen molar-refractivity contribution in [2.45, 2.75) is 68.3 Å². The molecule has 3 heterocycles. The summed E-state index contributed by atoms with van der Waals surface area (Å²) in [6.07, 6.45) is -15.8. The van der Waals surface area contributed by atoms with Crippen LogP contribution in [-0.2, 0) is 14.2 Å². The molecular weight excluding hydrogens is 564 g/mol. The molecule has 0 unspecified atom stereocenters. The maximum absolute atomic E-state index is 13.5. The van der Waals surface area contributed by atoms with Crippen molar-refractivity contribution < 1.29 is 69.3 Å². The number of rotatable bonds is 6. The summed E-state index contributed by atoms with van der Waals surface area (Å²) in [5.41, 5.74) is -0.956. The van der Waals surface area contributed by atoms with Crippen molar-refractivity contribution in [1.82, 2.24) is 0 Å². The predicted octanol–water partition coefficient (Wildman–Crippen LogP) is -1.39. The number of ether oxygens (including phenoxy) is 4. The summed E-state index contributed by atoms with van der Waals surface area (Å²) in [5, 5.41) is 91.4. The Labute approximate surface area is 236 Å². The van der Waals surface area contributed by atoms with Crippen molar-refractivity contribution in [3.8, 4) is 34.3 Å². The van der Waals surface area contributed by atoms with Crippen LogP contribution in [0, 0.1) is 0 Å². The van der Waals surface area contributed by atoms with E-state index in [1.54, 1.807) is 0 Å². The molecule has 1 aromatic heterocycles. The summed E-state index contributed by atoms with van der Waals surface area (Å²) in [6, 6.07) is 7.33. The van der Waals surface area contributed by atoms with Crippen LogP contribution in [0.2, 0.25) is 0 Å². The Kier molecular flexibility index (Phi) is 8.30. The summed E-state index contributed by atoms with van der Waals surface area (Å²) < 4.78 is 28.0. The molecule has 0 bridgehead atoms. The minimum atomic E-state index is -1.92. The molecular formula is C27H30O15. The third-order valence-corrected chi connectivity index (χ3v) is 7.18. The molecule has 15 nitrogen and oxygen atoms in total. The van der Waals surface area contributed by atoms with E-state index in [1.807, 2.05) is 0 Å². The highest BCUT2D eigenvalue weighted by molar-refractivity contribution is 5.88. The molecule has 0 aliphatic carbocycles. The van der Waals surface area contributed by atoms with E-state index in [2.05, 4.69) is 0 Å². The third kappa shape index (κ3) is 5.49. The number of aliphatic hydroxyl groups is 6. The van der Waals surface area contributed by atoms with Gasteiger partial charge in [-0.15, -0.1) is 0 Å². The van der Waals surface area contributed by atoms with Crippen LogP contribution in [0.1, 0.15) is 6.92 Å². The summed E-state index contributed by atoms with van der Waals surface area (Å²) in [7, 11) is 0. The number of benzene rings is 2. The molecule has 2 aromatic carbocycles. The average molecular weight is 595 g/mol. The van der Waals surface area contributed by atoms with Gasteiger partial charge >= 0.3 is 0 Å². The van der Waals surface area contributed by atoms with Gasteiger partial charge in [0.25, 0.3) is 0 Å². The van der Waals surface area contributed by atoms with Crippen molar-refractivity contribution in [1.29, 1.82) is 0 Å². The van der Waals surface area contributed by atoms with Crippen LogP contribution in [0.15, 0.2) is 45.6 Å². The van der Waals surface area contributed by atoms with E-state index in [0.717, 1.165) is 12.1 Å². The van der Waals surface area contributed by atoms with Gasteiger partial charge in [0.05, 0.1) is 12.7 Å². The lowest BCUT2D eigenvalue weighted by molar-refractivity contribution is -0.318. The molecule has 228 valence electrons. The van der Waals surface area contributed by atoms with Crippen molar-refractivity contribution >= 4 is 11.0 Å². The van der Waals surface area contributed by atoms with Gasteiger partial charge in [0.15, 0.2) is 12.1 Å². The summed E-state index contributed by atoms with van der Waals surface area (Å²) in [6.45, 7) is 0.866. The van der Waals surface area contributed by atoms with Crippen LogP contribution in [0.4, 0.5) is 0 Å². The molecule has 42 heavy (non-hydrogen) atoms. The molecule has 0 saturated carbocycles. The highest BCUT2D eigenvalue weighted by atomic mass is 16.7. The minimum Gasteiger partial charge on any atom is -0.508 e. The number of aromatic hydroxyl groups is 3. The van der Waals surface area contributed by atoms with Crippen molar-refractivity contribution in [2.75, 3.05) is 6.61 Å². The first-order valence-corrected chi connectivity index (χ1v) is 12.9. The Balaban J connectivity index is 1.46. The topological polar surface area (TPSA) is 249 Å². The second-order valence-electron chi connectivity index (χ2n) is 10.1. The Hall–Kier alpha value is -3.51. The van der Waals surface area contributed by atoms with Crippen LogP contribution >= 0.6 is 0 Å². The van der Waals surface area contributed by atoms with Crippen LogP contribution in [0.5, 0.6) is 23.0 Å². The molecule has 9 N–H and O–H groups in total. The Bertz CT molecular complexity index is 1470. The molecule has 2 saturated heterocycles. The minimum absolute atomic E-state index is 0.103. The number of phenols is 3. The summed E-state index contributed by atoms with van der Waals surface area (Å²) in [4.78, 5) is 13.5. The van der Waals surface area contributed by atoms with Crippen LogP contribution in [-0.4, -0.2) is 114 Å². The summed E-state index contributed by atoms with van der Waals surface area (Å²) >= 11 is 0. The standard InChI is InChI=1S/C27H30O15/c1-9-17(31)20(34)22(36)26(39-9)38-8-15-18(32)21(35)23(37)27(41-15)42-25-19(33)16-13(30)6-12(29)7-14(16)40-24(25)10-2-4-11(28)5-3-10/h2-7,9,15,17-18,20-23,26-32,34-37H,8H2,1H3/t9-,15-,17+,18+,20+,21+,22+,23+,26+,27-/m1/s1. The van der Waals surface area contributed by atoms with E-state index in [1.165, 1.54) is 31.2 Å². The van der Waals surface area contributed by atoms with E-state index in [9.17, 15) is 50.8 Å². The first kappa shape index (κ1) is 30.0. The van der Waals surface area contributed by atoms with Crippen LogP contribution in [0.3, 0.4) is 0 Å². The quantitative estimate of drug-likeness (QED) is 0.159. The first-order chi connectivity index (χ1) is 19.9. The van der Waals surface area contributed by atoms with Gasteiger partial charge in [-0.2, -0.15) is 0 Å². The average Bonchev–Trinajstić information content (AvgIpc) is 2.95. The van der Waals surface area contributed by atoms with E-state index < -0.39 is 90.7 Å². The molecule has 15 heteroatoms.